The molecule has 4 nitrogen and oxygen atoms in total. The SMILES string of the molecule is FC(F)(F)[C@@H]1CCCN1c1nc2ccncc2[nH]1. The van der Waals surface area contributed by atoms with Crippen LogP contribution < -0.4 is 4.90 Å². The molecule has 0 unspecified atom stereocenters. The number of rotatable bonds is 1. The Bertz CT molecular complexity index is 530. The Morgan fingerprint density at radius 3 is 2.94 bits per heavy atom. The molecule has 1 aliphatic rings. The maximum absolute atomic E-state index is 12.9. The highest BCUT2D eigenvalue weighted by Gasteiger charge is 2.46. The predicted octanol–water partition coefficient (Wildman–Crippen LogP) is 2.49. The van der Waals surface area contributed by atoms with Gasteiger partial charge in [0.1, 0.15) is 6.04 Å². The normalized spacial score (nSPS) is 20.8. The van der Waals surface area contributed by atoms with E-state index in [0.29, 0.717) is 24.0 Å². The molecule has 2 aromatic heterocycles. The van der Waals surface area contributed by atoms with Gasteiger partial charge in [-0.05, 0) is 18.9 Å². The third-order valence-corrected chi connectivity index (χ3v) is 3.17. The minimum atomic E-state index is -4.21. The van der Waals surface area contributed by atoms with Gasteiger partial charge in [0.05, 0.1) is 17.2 Å². The number of anilines is 1. The van der Waals surface area contributed by atoms with Crippen molar-refractivity contribution < 1.29 is 13.2 Å². The van der Waals surface area contributed by atoms with Crippen molar-refractivity contribution in [3.63, 3.8) is 0 Å². The standard InChI is InChI=1S/C11H11F3N4/c12-11(13,14)9-2-1-5-18(9)10-16-7-3-4-15-6-8(7)17-10/h3-4,6,9H,1-2,5H2,(H,16,17)/t9-/m0/s1. The molecule has 3 rings (SSSR count). The van der Waals surface area contributed by atoms with E-state index in [4.69, 9.17) is 0 Å². The van der Waals surface area contributed by atoms with Gasteiger partial charge in [-0.1, -0.05) is 0 Å². The number of fused-ring (bicyclic) bond motifs is 1. The van der Waals surface area contributed by atoms with E-state index in [9.17, 15) is 13.2 Å². The van der Waals surface area contributed by atoms with Crippen molar-refractivity contribution in [1.82, 2.24) is 15.0 Å². The van der Waals surface area contributed by atoms with E-state index in [1.54, 1.807) is 18.5 Å². The average molecular weight is 256 g/mol. The van der Waals surface area contributed by atoms with Crippen molar-refractivity contribution in [3.05, 3.63) is 18.5 Å². The number of aromatic amines is 1. The zero-order valence-electron chi connectivity index (χ0n) is 9.41. The fourth-order valence-corrected chi connectivity index (χ4v) is 2.34. The number of hydrogen-bond donors (Lipinski definition) is 1. The molecule has 0 bridgehead atoms. The first kappa shape index (κ1) is 11.3. The summed E-state index contributed by atoms with van der Waals surface area (Å²) in [6.07, 6.45) is -0.436. The van der Waals surface area contributed by atoms with Crippen LogP contribution in [0.3, 0.4) is 0 Å². The van der Waals surface area contributed by atoms with Gasteiger partial charge in [-0.2, -0.15) is 13.2 Å². The zero-order chi connectivity index (χ0) is 12.8. The molecule has 0 saturated carbocycles. The van der Waals surface area contributed by atoms with E-state index in [2.05, 4.69) is 15.0 Å². The summed E-state index contributed by atoms with van der Waals surface area (Å²) in [7, 11) is 0. The number of halogens is 3. The lowest BCUT2D eigenvalue weighted by Gasteiger charge is -2.25. The van der Waals surface area contributed by atoms with Gasteiger partial charge < -0.3 is 9.88 Å². The molecular weight excluding hydrogens is 245 g/mol. The summed E-state index contributed by atoms with van der Waals surface area (Å²) in [6.45, 7) is 0.372. The van der Waals surface area contributed by atoms with Crippen LogP contribution in [-0.2, 0) is 0 Å². The van der Waals surface area contributed by atoms with Crippen molar-refractivity contribution in [1.29, 1.82) is 0 Å². The monoisotopic (exact) mass is 256 g/mol. The topological polar surface area (TPSA) is 44.8 Å². The highest BCUT2D eigenvalue weighted by atomic mass is 19.4. The molecule has 1 saturated heterocycles. The van der Waals surface area contributed by atoms with E-state index in [1.807, 2.05) is 0 Å². The summed E-state index contributed by atoms with van der Waals surface area (Å²) in [5.74, 6) is 0.276. The molecule has 1 aliphatic heterocycles. The molecule has 1 N–H and O–H groups in total. The molecule has 0 aromatic carbocycles. The minimum absolute atomic E-state index is 0.124. The second-order valence-electron chi connectivity index (χ2n) is 4.35. The molecule has 3 heterocycles. The lowest BCUT2D eigenvalue weighted by atomic mass is 10.2. The number of pyridine rings is 1. The number of hydrogen-bond acceptors (Lipinski definition) is 3. The van der Waals surface area contributed by atoms with Crippen LogP contribution in [0.2, 0.25) is 0 Å². The second kappa shape index (κ2) is 3.86. The summed E-state index contributed by atoms with van der Waals surface area (Å²) >= 11 is 0. The first-order valence-electron chi connectivity index (χ1n) is 5.69. The minimum Gasteiger partial charge on any atom is -0.330 e. The largest absolute Gasteiger partial charge is 0.408 e. The van der Waals surface area contributed by atoms with Gasteiger partial charge in [-0.15, -0.1) is 0 Å². The van der Waals surface area contributed by atoms with Gasteiger partial charge in [-0.3, -0.25) is 4.98 Å². The number of nitrogens with zero attached hydrogens (tertiary/aromatic N) is 3. The van der Waals surface area contributed by atoms with Crippen LogP contribution in [0.25, 0.3) is 11.0 Å². The van der Waals surface area contributed by atoms with E-state index in [0.717, 1.165) is 0 Å². The Balaban J connectivity index is 1.98. The number of aromatic nitrogens is 3. The fourth-order valence-electron chi connectivity index (χ4n) is 2.34. The van der Waals surface area contributed by atoms with E-state index in [-0.39, 0.29) is 12.4 Å². The summed E-state index contributed by atoms with van der Waals surface area (Å²) in [6, 6.07) is 0.236. The third kappa shape index (κ3) is 1.79. The number of imidazole rings is 1. The average Bonchev–Trinajstić information content (AvgIpc) is 2.94. The van der Waals surface area contributed by atoms with Gasteiger partial charge >= 0.3 is 6.18 Å². The molecular formula is C11H11F3N4. The van der Waals surface area contributed by atoms with Crippen LogP contribution in [-0.4, -0.2) is 33.7 Å². The smallest absolute Gasteiger partial charge is 0.330 e. The number of H-pyrrole nitrogens is 1. The van der Waals surface area contributed by atoms with E-state index >= 15 is 0 Å². The predicted molar refractivity (Wildman–Crippen MR) is 60.3 cm³/mol. The van der Waals surface area contributed by atoms with Gasteiger partial charge in [-0.25, -0.2) is 4.98 Å². The molecule has 1 atom stereocenters. The third-order valence-electron chi connectivity index (χ3n) is 3.17. The van der Waals surface area contributed by atoms with Crippen molar-refractivity contribution >= 4 is 17.0 Å². The molecule has 7 heteroatoms. The van der Waals surface area contributed by atoms with Crippen molar-refractivity contribution in [2.24, 2.45) is 0 Å². The first-order valence-corrected chi connectivity index (χ1v) is 5.69. The lowest BCUT2D eigenvalue weighted by molar-refractivity contribution is -0.146. The summed E-state index contributed by atoms with van der Waals surface area (Å²) in [4.78, 5) is 12.3. The molecule has 2 aromatic rings. The van der Waals surface area contributed by atoms with Crippen LogP contribution >= 0.6 is 0 Å². The number of alkyl halides is 3. The molecule has 0 amide bonds. The summed E-state index contributed by atoms with van der Waals surface area (Å²) in [5.41, 5.74) is 1.29. The molecule has 96 valence electrons. The zero-order valence-corrected chi connectivity index (χ0v) is 9.41. The second-order valence-corrected chi connectivity index (χ2v) is 4.35. The Hall–Kier alpha value is -1.79. The van der Waals surface area contributed by atoms with E-state index < -0.39 is 12.2 Å². The fraction of sp³-hybridized carbons (Fsp3) is 0.455. The van der Waals surface area contributed by atoms with E-state index in [1.165, 1.54) is 4.90 Å². The maximum Gasteiger partial charge on any atom is 0.408 e. The highest BCUT2D eigenvalue weighted by molar-refractivity contribution is 5.76. The first-order chi connectivity index (χ1) is 8.55. The van der Waals surface area contributed by atoms with Gasteiger partial charge in [0.2, 0.25) is 5.95 Å². The lowest BCUT2D eigenvalue weighted by Crippen LogP contribution is -2.41. The van der Waals surface area contributed by atoms with Gasteiger partial charge in [0.25, 0.3) is 0 Å². The molecule has 0 aliphatic carbocycles. The summed E-state index contributed by atoms with van der Waals surface area (Å²) in [5, 5.41) is 0. The maximum atomic E-state index is 12.9. The van der Waals surface area contributed by atoms with Gasteiger partial charge in [0, 0.05) is 12.7 Å². The summed E-state index contributed by atoms with van der Waals surface area (Å²) < 4.78 is 38.6. The Labute approximate surface area is 101 Å². The Kier molecular flexibility index (Phi) is 2.42. The van der Waals surface area contributed by atoms with Crippen LogP contribution in [0.5, 0.6) is 0 Å². The molecule has 18 heavy (non-hydrogen) atoms. The number of nitrogens with one attached hydrogen (secondary N) is 1. The van der Waals surface area contributed by atoms with Crippen LogP contribution in [0.4, 0.5) is 19.1 Å². The van der Waals surface area contributed by atoms with Crippen molar-refractivity contribution in [3.8, 4) is 0 Å². The highest BCUT2D eigenvalue weighted by Crippen LogP contribution is 2.35. The molecule has 0 radical (unpaired) electrons. The Morgan fingerprint density at radius 1 is 1.39 bits per heavy atom. The molecule has 0 spiro atoms. The van der Waals surface area contributed by atoms with Crippen molar-refractivity contribution in [2.45, 2.75) is 25.1 Å². The molecule has 1 fully saturated rings. The van der Waals surface area contributed by atoms with Crippen LogP contribution in [0.1, 0.15) is 12.8 Å². The Morgan fingerprint density at radius 2 is 2.22 bits per heavy atom. The quantitative estimate of drug-likeness (QED) is 0.852. The van der Waals surface area contributed by atoms with Gasteiger partial charge in [0.15, 0.2) is 0 Å². The van der Waals surface area contributed by atoms with Crippen LogP contribution in [0.15, 0.2) is 18.5 Å². The van der Waals surface area contributed by atoms with Crippen molar-refractivity contribution in [2.75, 3.05) is 11.4 Å². The van der Waals surface area contributed by atoms with Crippen LogP contribution in [0, 0.1) is 0 Å².